The molecule has 1 saturated carbocycles. The van der Waals surface area contributed by atoms with Gasteiger partial charge in [-0.15, -0.1) is 23.2 Å². The summed E-state index contributed by atoms with van der Waals surface area (Å²) in [5.41, 5.74) is -0.0729. The molecule has 4 unspecified atom stereocenters. The first-order valence-corrected chi connectivity index (χ1v) is 14.7. The van der Waals surface area contributed by atoms with Crippen molar-refractivity contribution in [2.45, 2.75) is 34.7 Å². The largest absolute Gasteiger partial charge is 0.508 e. The molecule has 2 fully saturated rings. The molecule has 0 bridgehead atoms. The predicted molar refractivity (Wildman–Crippen MR) is 157 cm³/mol. The molecule has 12 heteroatoms. The summed E-state index contributed by atoms with van der Waals surface area (Å²) in [4.78, 5) is 52.2. The van der Waals surface area contributed by atoms with E-state index < -0.39 is 44.9 Å². The average molecular weight is 656 g/mol. The van der Waals surface area contributed by atoms with Crippen LogP contribution in [0.3, 0.4) is 0 Å². The summed E-state index contributed by atoms with van der Waals surface area (Å²) in [6.07, 6.45) is 1.53. The highest BCUT2D eigenvalue weighted by Gasteiger charge is 2.75. The lowest BCUT2D eigenvalue weighted by molar-refractivity contribution is -0.138. The summed E-state index contributed by atoms with van der Waals surface area (Å²) >= 11 is 17.8. The second-order valence-electron chi connectivity index (χ2n) is 10.4. The molecule has 2 amide bonds. The molecule has 9 nitrogen and oxygen atoms in total. The molecule has 3 heterocycles. The molecular formula is C29H21BrCl2N4O5. The van der Waals surface area contributed by atoms with Crippen molar-refractivity contribution < 1.29 is 14.7 Å². The molecule has 4 aromatic rings. The second kappa shape index (κ2) is 8.95. The van der Waals surface area contributed by atoms with Crippen LogP contribution in [0.15, 0.2) is 88.0 Å². The minimum atomic E-state index is -2.03. The van der Waals surface area contributed by atoms with E-state index in [1.807, 2.05) is 12.1 Å². The fourth-order valence-corrected chi connectivity index (χ4v) is 8.11. The lowest BCUT2D eigenvalue weighted by atomic mass is 9.63. The summed E-state index contributed by atoms with van der Waals surface area (Å²) in [6, 6.07) is 18.2. The van der Waals surface area contributed by atoms with Gasteiger partial charge in [0.25, 0.3) is 11.8 Å². The number of fused-ring (bicyclic) bond motifs is 5. The number of benzene rings is 3. The van der Waals surface area contributed by atoms with Crippen LogP contribution in [0.1, 0.15) is 23.9 Å². The lowest BCUT2D eigenvalue weighted by Crippen LogP contribution is -2.59. The number of amides is 2. The number of halogens is 3. The maximum absolute atomic E-state index is 14.0. The first-order valence-electron chi connectivity index (χ1n) is 12.9. The van der Waals surface area contributed by atoms with Crippen molar-refractivity contribution in [2.24, 2.45) is 0 Å². The standard InChI is InChI=1S/C29H21BrCl2N4O5/c30-15-33-24(38)28(31)14-20-19(12-13-34-26(40)35(27(41)36(20)34)17-7-2-1-3-8-17)23(29(28,32)25(33)39)22-18-9-5-4-6-16(18)10-11-21(22)37/h1-12,20,23,37H,13-15H2. The Morgan fingerprint density at radius 1 is 0.902 bits per heavy atom. The molecule has 41 heavy (non-hydrogen) atoms. The third-order valence-electron chi connectivity index (χ3n) is 8.53. The molecule has 1 aromatic heterocycles. The van der Waals surface area contributed by atoms with E-state index in [0.29, 0.717) is 22.2 Å². The lowest BCUT2D eigenvalue weighted by Gasteiger charge is -2.49. The highest BCUT2D eigenvalue weighted by atomic mass is 79.9. The van der Waals surface area contributed by atoms with Crippen molar-refractivity contribution in [1.82, 2.24) is 18.8 Å². The quantitative estimate of drug-likeness (QED) is 0.155. The zero-order valence-corrected chi connectivity index (χ0v) is 24.3. The third-order valence-corrected chi connectivity index (χ3v) is 10.4. The van der Waals surface area contributed by atoms with Crippen LogP contribution in [0.25, 0.3) is 16.5 Å². The van der Waals surface area contributed by atoms with Crippen molar-refractivity contribution in [3.8, 4) is 11.4 Å². The van der Waals surface area contributed by atoms with E-state index in [1.54, 1.807) is 54.6 Å². The second-order valence-corrected chi connectivity index (χ2v) is 12.2. The van der Waals surface area contributed by atoms with Gasteiger partial charge in [0.05, 0.1) is 23.7 Å². The zero-order chi connectivity index (χ0) is 28.8. The fourth-order valence-electron chi connectivity index (χ4n) is 6.72. The number of aromatic hydroxyl groups is 1. The molecule has 0 radical (unpaired) electrons. The minimum Gasteiger partial charge on any atom is -0.508 e. The Hall–Kier alpha value is -3.60. The molecule has 1 N–H and O–H groups in total. The van der Waals surface area contributed by atoms with Gasteiger partial charge in [0.1, 0.15) is 5.75 Å². The van der Waals surface area contributed by atoms with Gasteiger partial charge in [-0.05, 0) is 34.5 Å². The monoisotopic (exact) mass is 654 g/mol. The SMILES string of the molecule is O=C1N(CBr)C(=O)C2(Cl)C(c3c(O)ccc4ccccc34)C3=CCn4c(=O)n(-c5ccccc5)c(=O)n4C3CC12Cl. The maximum Gasteiger partial charge on any atom is 0.352 e. The number of phenols is 1. The number of aromatic nitrogens is 3. The molecular weight excluding hydrogens is 635 g/mol. The van der Waals surface area contributed by atoms with E-state index in [1.165, 1.54) is 15.4 Å². The van der Waals surface area contributed by atoms with Crippen LogP contribution in [0.4, 0.5) is 0 Å². The van der Waals surface area contributed by atoms with E-state index in [9.17, 15) is 24.3 Å². The average Bonchev–Trinajstić information content (AvgIpc) is 3.31. The molecule has 3 aromatic carbocycles. The topological polar surface area (TPSA) is 107 Å². The summed E-state index contributed by atoms with van der Waals surface area (Å²) in [7, 11) is 0. The Balaban J connectivity index is 1.54. The van der Waals surface area contributed by atoms with Gasteiger partial charge in [0, 0.05) is 17.9 Å². The van der Waals surface area contributed by atoms with Crippen LogP contribution in [0, 0.1) is 0 Å². The molecule has 0 spiro atoms. The number of likely N-dealkylation sites (tertiary alicyclic amines) is 1. The first-order chi connectivity index (χ1) is 19.6. The Labute approximate surface area is 250 Å². The van der Waals surface area contributed by atoms with Crippen LogP contribution >= 0.6 is 39.1 Å². The van der Waals surface area contributed by atoms with Gasteiger partial charge in [0.15, 0.2) is 9.75 Å². The Morgan fingerprint density at radius 3 is 2.34 bits per heavy atom. The van der Waals surface area contributed by atoms with Crippen LogP contribution in [0.5, 0.6) is 5.75 Å². The highest BCUT2D eigenvalue weighted by Crippen LogP contribution is 2.64. The van der Waals surface area contributed by atoms with Gasteiger partial charge in [-0.3, -0.25) is 14.5 Å². The van der Waals surface area contributed by atoms with Crippen LogP contribution in [-0.4, -0.2) is 51.0 Å². The third kappa shape index (κ3) is 3.23. The number of imide groups is 1. The van der Waals surface area contributed by atoms with E-state index in [2.05, 4.69) is 15.9 Å². The van der Waals surface area contributed by atoms with Gasteiger partial charge in [-0.1, -0.05) is 70.5 Å². The number of carbonyl (C=O) groups is 2. The normalized spacial score (nSPS) is 27.0. The summed E-state index contributed by atoms with van der Waals surface area (Å²) in [5.74, 6) is -2.66. The number of nitrogens with zero attached hydrogens (tertiary/aromatic N) is 4. The van der Waals surface area contributed by atoms with Gasteiger partial charge < -0.3 is 5.11 Å². The van der Waals surface area contributed by atoms with E-state index in [4.69, 9.17) is 23.2 Å². The van der Waals surface area contributed by atoms with Gasteiger partial charge >= 0.3 is 11.4 Å². The number of phenolic OH excluding ortho intramolecular Hbond substituents is 1. The summed E-state index contributed by atoms with van der Waals surface area (Å²) < 4.78 is 3.67. The number of alkyl halides is 3. The van der Waals surface area contributed by atoms with Crippen molar-refractivity contribution in [3.63, 3.8) is 0 Å². The molecule has 1 aliphatic carbocycles. The molecule has 3 aliphatic rings. The van der Waals surface area contributed by atoms with Gasteiger partial charge in [-0.2, -0.15) is 0 Å². The van der Waals surface area contributed by atoms with Crippen molar-refractivity contribution >= 4 is 61.7 Å². The predicted octanol–water partition coefficient (Wildman–Crippen LogP) is 4.00. The number of carbonyl (C=O) groups excluding carboxylic acids is 2. The molecule has 7 rings (SSSR count). The van der Waals surface area contributed by atoms with Gasteiger partial charge in [-0.25, -0.2) is 23.5 Å². The maximum atomic E-state index is 14.0. The zero-order valence-electron chi connectivity index (χ0n) is 21.2. The highest BCUT2D eigenvalue weighted by molar-refractivity contribution is 9.09. The first kappa shape index (κ1) is 26.3. The van der Waals surface area contributed by atoms with Crippen molar-refractivity contribution in [3.05, 3.63) is 105 Å². The molecule has 208 valence electrons. The number of para-hydroxylation sites is 1. The fraction of sp³-hybridized carbons (Fsp3) is 0.241. The van der Waals surface area contributed by atoms with E-state index in [-0.39, 0.29) is 24.2 Å². The Kier molecular flexibility index (Phi) is 5.74. The van der Waals surface area contributed by atoms with Crippen LogP contribution in [0.2, 0.25) is 0 Å². The van der Waals surface area contributed by atoms with E-state index >= 15 is 0 Å². The smallest absolute Gasteiger partial charge is 0.352 e. The van der Waals surface area contributed by atoms with Crippen LogP contribution in [-0.2, 0) is 16.1 Å². The minimum absolute atomic E-state index is 0.00825. The van der Waals surface area contributed by atoms with Crippen molar-refractivity contribution in [2.75, 3.05) is 5.45 Å². The Morgan fingerprint density at radius 2 is 1.61 bits per heavy atom. The number of allylic oxidation sites excluding steroid dienone is 2. The number of hydrogen-bond donors (Lipinski definition) is 1. The molecule has 1 saturated heterocycles. The number of hydrogen-bond acceptors (Lipinski definition) is 5. The molecule has 4 atom stereocenters. The van der Waals surface area contributed by atoms with Crippen LogP contribution < -0.4 is 11.4 Å². The van der Waals surface area contributed by atoms with Gasteiger partial charge in [0.2, 0.25) is 0 Å². The van der Waals surface area contributed by atoms with Crippen molar-refractivity contribution in [1.29, 1.82) is 0 Å². The molecule has 2 aliphatic heterocycles. The summed E-state index contributed by atoms with van der Waals surface area (Å²) in [6.45, 7) is 0.00825. The van der Waals surface area contributed by atoms with E-state index in [0.717, 1.165) is 14.9 Å². The Bertz CT molecular complexity index is 1950. The number of rotatable bonds is 3. The summed E-state index contributed by atoms with van der Waals surface area (Å²) in [5, 5.41) is 12.7.